The number of alkyl halides is 3. The Hall–Kier alpha value is -1.10. The Kier molecular flexibility index (Phi) is 2.91. The zero-order valence-corrected chi connectivity index (χ0v) is 11.0. The average molecular weight is 311 g/mol. The van der Waals surface area contributed by atoms with Crippen LogP contribution >= 0.6 is 0 Å². The summed E-state index contributed by atoms with van der Waals surface area (Å²) in [4.78, 5) is 0. The Bertz CT molecular complexity index is 578. The molecule has 2 unspecified atom stereocenters. The molecule has 2 N–H and O–H groups in total. The second-order valence-corrected chi connectivity index (χ2v) is 6.43. The zero-order valence-electron chi connectivity index (χ0n) is 10.1. The Labute approximate surface area is 113 Å². The number of hydrogen-bond donors (Lipinski definition) is 2. The molecule has 20 heavy (non-hydrogen) atoms. The van der Waals surface area contributed by atoms with Crippen molar-refractivity contribution in [2.45, 2.75) is 18.2 Å². The lowest BCUT2D eigenvalue weighted by Gasteiger charge is -2.24. The maximum Gasteiger partial charge on any atom is 0.523 e. The molecule has 3 aliphatic heterocycles. The summed E-state index contributed by atoms with van der Waals surface area (Å²) in [5, 5.41) is 4.67. The van der Waals surface area contributed by atoms with Crippen LogP contribution < -0.4 is 10.7 Å². The number of halogens is 3. The minimum Gasteiger partial charge on any atom is -0.315 e. The van der Waals surface area contributed by atoms with Crippen LogP contribution in [-0.4, -0.2) is 38.3 Å². The predicted octanol–water partition coefficient (Wildman–Crippen LogP) is 0.390. The van der Waals surface area contributed by atoms with Crippen LogP contribution in [-0.2, 0) is 14.3 Å². The molecule has 0 aromatic rings. The molecule has 0 aromatic carbocycles. The van der Waals surface area contributed by atoms with Gasteiger partial charge in [0, 0.05) is 23.9 Å². The van der Waals surface area contributed by atoms with Crippen LogP contribution in [0.15, 0.2) is 24.0 Å². The number of rotatable bonds is 2. The predicted molar refractivity (Wildman–Crippen MR) is 62.0 cm³/mol. The van der Waals surface area contributed by atoms with Crippen LogP contribution in [0.3, 0.4) is 0 Å². The number of nitrogens with zero attached hydrogens (tertiary/aromatic N) is 1. The van der Waals surface area contributed by atoms with Gasteiger partial charge >= 0.3 is 15.6 Å². The van der Waals surface area contributed by atoms with Crippen molar-refractivity contribution in [2.75, 3.05) is 13.1 Å². The van der Waals surface area contributed by atoms with Crippen molar-refractivity contribution in [1.82, 2.24) is 15.8 Å². The molecule has 10 heteroatoms. The Balaban J connectivity index is 1.79. The van der Waals surface area contributed by atoms with Crippen molar-refractivity contribution < 1.29 is 25.8 Å². The third kappa shape index (κ3) is 2.03. The van der Waals surface area contributed by atoms with E-state index in [1.807, 2.05) is 6.08 Å². The molecule has 112 valence electrons. The van der Waals surface area contributed by atoms with Crippen LogP contribution in [0, 0.1) is 5.41 Å². The molecule has 2 atom stereocenters. The van der Waals surface area contributed by atoms with Gasteiger partial charge in [-0.1, -0.05) is 6.08 Å². The van der Waals surface area contributed by atoms with Gasteiger partial charge in [-0.25, -0.2) is 4.18 Å². The lowest BCUT2D eigenvalue weighted by atomic mass is 9.85. The van der Waals surface area contributed by atoms with E-state index in [4.69, 9.17) is 0 Å². The fourth-order valence-corrected chi connectivity index (χ4v) is 3.09. The molecular formula is C10H12F3N3O3S. The highest BCUT2D eigenvalue weighted by molar-refractivity contribution is 7.87. The second kappa shape index (κ2) is 4.20. The van der Waals surface area contributed by atoms with E-state index in [1.165, 1.54) is 11.1 Å². The summed E-state index contributed by atoms with van der Waals surface area (Å²) in [6, 6.07) is 0. The smallest absolute Gasteiger partial charge is 0.315 e. The minimum atomic E-state index is -5.62. The summed E-state index contributed by atoms with van der Waals surface area (Å²) < 4.78 is 62.9. The minimum absolute atomic E-state index is 0.299. The van der Waals surface area contributed by atoms with Gasteiger partial charge in [0.25, 0.3) is 0 Å². The number of nitrogens with one attached hydrogen (secondary N) is 2. The first-order chi connectivity index (χ1) is 9.24. The van der Waals surface area contributed by atoms with E-state index in [0.717, 1.165) is 13.0 Å². The second-order valence-electron chi connectivity index (χ2n) is 4.87. The fraction of sp³-hybridized carbons (Fsp3) is 0.600. The monoisotopic (exact) mass is 311 g/mol. The van der Waals surface area contributed by atoms with E-state index in [2.05, 4.69) is 14.9 Å². The van der Waals surface area contributed by atoms with Crippen molar-refractivity contribution in [3.8, 4) is 0 Å². The first-order valence-electron chi connectivity index (χ1n) is 5.91. The first kappa shape index (κ1) is 13.9. The number of hydrogen-bond acceptors (Lipinski definition) is 6. The van der Waals surface area contributed by atoms with Crippen LogP contribution in [0.4, 0.5) is 13.2 Å². The third-order valence-electron chi connectivity index (χ3n) is 3.59. The van der Waals surface area contributed by atoms with E-state index in [1.54, 1.807) is 6.20 Å². The van der Waals surface area contributed by atoms with Gasteiger partial charge < -0.3 is 5.32 Å². The first-order valence-corrected chi connectivity index (χ1v) is 7.32. The molecule has 0 radical (unpaired) electrons. The molecule has 6 nitrogen and oxygen atoms in total. The largest absolute Gasteiger partial charge is 0.523 e. The highest BCUT2D eigenvalue weighted by Crippen LogP contribution is 2.44. The summed E-state index contributed by atoms with van der Waals surface area (Å²) in [6.45, 7) is 1.45. The normalized spacial score (nSPS) is 33.0. The molecule has 0 aliphatic carbocycles. The molecule has 1 fully saturated rings. The van der Waals surface area contributed by atoms with Crippen LogP contribution in [0.2, 0.25) is 0 Å². The molecule has 0 amide bonds. The molecule has 0 bridgehead atoms. The quantitative estimate of drug-likeness (QED) is 0.568. The highest BCUT2D eigenvalue weighted by Gasteiger charge is 2.51. The molecule has 3 rings (SSSR count). The van der Waals surface area contributed by atoms with E-state index in [-0.39, 0.29) is 5.41 Å². The van der Waals surface area contributed by atoms with Gasteiger partial charge in [-0.05, 0) is 19.0 Å². The van der Waals surface area contributed by atoms with Gasteiger partial charge in [0.15, 0.2) is 6.23 Å². The lowest BCUT2D eigenvalue weighted by molar-refractivity contribution is -0.0575. The maximum atomic E-state index is 12.3. The van der Waals surface area contributed by atoms with Crippen molar-refractivity contribution in [1.29, 1.82) is 0 Å². The zero-order chi connectivity index (χ0) is 14.6. The highest BCUT2D eigenvalue weighted by atomic mass is 32.2. The lowest BCUT2D eigenvalue weighted by Crippen LogP contribution is -2.39. The average Bonchev–Trinajstić information content (AvgIpc) is 2.97. The van der Waals surface area contributed by atoms with Gasteiger partial charge in [0.2, 0.25) is 0 Å². The molecular weight excluding hydrogens is 299 g/mol. The van der Waals surface area contributed by atoms with E-state index in [9.17, 15) is 21.6 Å². The van der Waals surface area contributed by atoms with Crippen LogP contribution in [0.25, 0.3) is 0 Å². The topological polar surface area (TPSA) is 70.7 Å². The Morgan fingerprint density at radius 3 is 2.80 bits per heavy atom. The fourth-order valence-electron chi connectivity index (χ4n) is 2.61. The molecule has 0 aromatic heterocycles. The van der Waals surface area contributed by atoms with E-state index in [0.29, 0.717) is 12.2 Å². The van der Waals surface area contributed by atoms with E-state index < -0.39 is 21.9 Å². The Morgan fingerprint density at radius 1 is 1.45 bits per heavy atom. The van der Waals surface area contributed by atoms with Crippen molar-refractivity contribution in [3.63, 3.8) is 0 Å². The molecule has 3 aliphatic rings. The Morgan fingerprint density at radius 2 is 2.20 bits per heavy atom. The standard InChI is InChI=1S/C10H12F3N3O3S/c11-10(12,13)20(17,18)19-8-5-7-9(1-3-14-6-9)2-4-16(7)15-8/h2,4-5,8,14-15H,1,3,6H2. The summed E-state index contributed by atoms with van der Waals surface area (Å²) in [6.07, 6.45) is 4.43. The number of fused-ring (bicyclic) bond motifs is 2. The molecule has 1 saturated heterocycles. The van der Waals surface area contributed by atoms with Crippen LogP contribution in [0.5, 0.6) is 0 Å². The summed E-state index contributed by atoms with van der Waals surface area (Å²) >= 11 is 0. The summed E-state index contributed by atoms with van der Waals surface area (Å²) in [5.41, 5.74) is -2.46. The van der Waals surface area contributed by atoms with Gasteiger partial charge in [0.05, 0.1) is 0 Å². The van der Waals surface area contributed by atoms with Crippen molar-refractivity contribution >= 4 is 10.1 Å². The molecule has 0 saturated carbocycles. The van der Waals surface area contributed by atoms with Gasteiger partial charge in [0.1, 0.15) is 0 Å². The van der Waals surface area contributed by atoms with Gasteiger partial charge in [-0.2, -0.15) is 27.0 Å². The maximum absolute atomic E-state index is 12.3. The number of hydrazine groups is 1. The molecule has 1 spiro atoms. The van der Waals surface area contributed by atoms with Crippen LogP contribution in [0.1, 0.15) is 6.42 Å². The van der Waals surface area contributed by atoms with Crippen molar-refractivity contribution in [3.05, 3.63) is 24.0 Å². The molecule has 3 heterocycles. The van der Waals surface area contributed by atoms with Crippen molar-refractivity contribution in [2.24, 2.45) is 5.41 Å². The SMILES string of the molecule is O=S(=O)(OC1C=C2N(C=CC23CCNC3)N1)C(F)(F)F. The van der Waals surface area contributed by atoms with Gasteiger partial charge in [-0.15, -0.1) is 0 Å². The third-order valence-corrected chi connectivity index (χ3v) is 4.62. The summed E-state index contributed by atoms with van der Waals surface area (Å²) in [7, 11) is -5.62. The van der Waals surface area contributed by atoms with E-state index >= 15 is 0 Å². The summed E-state index contributed by atoms with van der Waals surface area (Å²) in [5.74, 6) is 0. The van der Waals surface area contributed by atoms with Gasteiger partial charge in [-0.3, -0.25) is 5.01 Å².